The Hall–Kier alpha value is -2.88. The van der Waals surface area contributed by atoms with Crippen LogP contribution >= 0.6 is 0 Å². The second-order valence-corrected chi connectivity index (χ2v) is 3.25. The summed E-state index contributed by atoms with van der Waals surface area (Å²) in [6.07, 6.45) is -0.372. The van der Waals surface area contributed by atoms with Crippen molar-refractivity contribution in [1.82, 2.24) is 0 Å². The first-order valence-electron chi connectivity index (χ1n) is 4.73. The normalized spacial score (nSPS) is 9.28. The molecule has 0 spiro atoms. The summed E-state index contributed by atoms with van der Waals surface area (Å²) in [6.45, 7) is 0. The Labute approximate surface area is 101 Å². The quantitative estimate of drug-likeness (QED) is 0.727. The van der Waals surface area contributed by atoms with Crippen LogP contribution in [0, 0.1) is 11.3 Å². The molecule has 0 aliphatic carbocycles. The summed E-state index contributed by atoms with van der Waals surface area (Å²) in [6, 6.07) is 4.99. The molecule has 1 aromatic rings. The van der Waals surface area contributed by atoms with Gasteiger partial charge >= 0.3 is 11.9 Å². The average molecular weight is 248 g/mol. The van der Waals surface area contributed by atoms with E-state index < -0.39 is 23.4 Å². The number of aromatic carboxylic acids is 2. The Morgan fingerprint density at radius 2 is 1.78 bits per heavy atom. The molecule has 0 bridgehead atoms. The highest BCUT2D eigenvalue weighted by molar-refractivity contribution is 6.03. The van der Waals surface area contributed by atoms with E-state index in [0.717, 1.165) is 12.1 Å². The van der Waals surface area contributed by atoms with Crippen LogP contribution < -0.4 is 5.32 Å². The summed E-state index contributed by atoms with van der Waals surface area (Å²) < 4.78 is 0. The molecule has 0 atom stereocenters. The molecule has 1 rings (SSSR count). The first-order valence-corrected chi connectivity index (χ1v) is 4.73. The number of hydrogen-bond acceptors (Lipinski definition) is 4. The summed E-state index contributed by atoms with van der Waals surface area (Å²) >= 11 is 0. The van der Waals surface area contributed by atoms with Crippen LogP contribution in [0.3, 0.4) is 0 Å². The zero-order chi connectivity index (χ0) is 13.7. The molecule has 1 amide bonds. The van der Waals surface area contributed by atoms with Crippen molar-refractivity contribution in [3.05, 3.63) is 29.3 Å². The van der Waals surface area contributed by atoms with E-state index in [1.165, 1.54) is 6.07 Å². The smallest absolute Gasteiger partial charge is 0.336 e. The van der Waals surface area contributed by atoms with E-state index >= 15 is 0 Å². The van der Waals surface area contributed by atoms with Crippen LogP contribution in [-0.4, -0.2) is 28.1 Å². The van der Waals surface area contributed by atoms with E-state index in [-0.39, 0.29) is 17.7 Å². The highest BCUT2D eigenvalue weighted by atomic mass is 16.4. The molecule has 0 unspecified atom stereocenters. The lowest BCUT2D eigenvalue weighted by Crippen LogP contribution is -2.13. The lowest BCUT2D eigenvalue weighted by atomic mass is 10.1. The molecule has 92 valence electrons. The summed E-state index contributed by atoms with van der Waals surface area (Å²) in [4.78, 5) is 32.7. The molecule has 0 saturated carbocycles. The van der Waals surface area contributed by atoms with Gasteiger partial charge in [-0.1, -0.05) is 0 Å². The maximum absolute atomic E-state index is 11.1. The monoisotopic (exact) mass is 248 g/mol. The van der Waals surface area contributed by atoms with Gasteiger partial charge in [-0.15, -0.1) is 0 Å². The Morgan fingerprint density at radius 1 is 1.17 bits per heavy atom. The van der Waals surface area contributed by atoms with Gasteiger partial charge in [-0.3, -0.25) is 4.79 Å². The van der Waals surface area contributed by atoms with E-state index in [1.54, 1.807) is 6.07 Å². The largest absolute Gasteiger partial charge is 0.478 e. The number of nitriles is 1. The number of nitrogens with one attached hydrogen (secondary N) is 1. The van der Waals surface area contributed by atoms with Gasteiger partial charge in [0.15, 0.2) is 0 Å². The topological polar surface area (TPSA) is 127 Å². The van der Waals surface area contributed by atoms with Gasteiger partial charge < -0.3 is 15.5 Å². The molecule has 0 heterocycles. The third kappa shape index (κ3) is 3.05. The Balaban J connectivity index is 3.08. The third-order valence-electron chi connectivity index (χ3n) is 2.00. The Morgan fingerprint density at radius 3 is 2.28 bits per heavy atom. The van der Waals surface area contributed by atoms with Crippen LogP contribution in [0.15, 0.2) is 18.2 Å². The van der Waals surface area contributed by atoms with Gasteiger partial charge in [-0.05, 0) is 18.2 Å². The van der Waals surface area contributed by atoms with Crippen molar-refractivity contribution in [2.45, 2.75) is 6.42 Å². The number of carbonyl (C=O) groups excluding carboxylic acids is 1. The fraction of sp³-hybridized carbons (Fsp3) is 0.0909. The van der Waals surface area contributed by atoms with Gasteiger partial charge in [0.1, 0.15) is 6.42 Å². The number of rotatable bonds is 4. The second kappa shape index (κ2) is 5.45. The minimum Gasteiger partial charge on any atom is -0.478 e. The SMILES string of the molecule is N#CCC(=O)Nc1ccc(C(=O)O)c(C(=O)O)c1. The second-order valence-electron chi connectivity index (χ2n) is 3.25. The highest BCUT2D eigenvalue weighted by Gasteiger charge is 2.16. The number of amides is 1. The van der Waals surface area contributed by atoms with Crippen LogP contribution in [0.5, 0.6) is 0 Å². The van der Waals surface area contributed by atoms with Crippen LogP contribution in [0.1, 0.15) is 27.1 Å². The number of hydrogen-bond donors (Lipinski definition) is 3. The van der Waals surface area contributed by atoms with Gasteiger partial charge in [0.25, 0.3) is 0 Å². The predicted molar refractivity (Wildman–Crippen MR) is 59.2 cm³/mol. The van der Waals surface area contributed by atoms with Crippen LogP contribution in [0.2, 0.25) is 0 Å². The molecule has 18 heavy (non-hydrogen) atoms. The van der Waals surface area contributed by atoms with Gasteiger partial charge in [0, 0.05) is 5.69 Å². The summed E-state index contributed by atoms with van der Waals surface area (Å²) in [5.74, 6) is -3.39. The minimum atomic E-state index is -1.41. The van der Waals surface area contributed by atoms with Crippen molar-refractivity contribution in [2.24, 2.45) is 0 Å². The number of benzene rings is 1. The molecule has 0 radical (unpaired) electrons. The number of carbonyl (C=O) groups is 3. The predicted octanol–water partition coefficient (Wildman–Crippen LogP) is 0.935. The number of anilines is 1. The molecule has 0 saturated heterocycles. The molecule has 3 N–H and O–H groups in total. The van der Waals surface area contributed by atoms with Crippen molar-refractivity contribution in [3.8, 4) is 6.07 Å². The first-order chi connectivity index (χ1) is 8.45. The molecule has 0 aliphatic heterocycles. The highest BCUT2D eigenvalue weighted by Crippen LogP contribution is 2.16. The fourth-order valence-electron chi connectivity index (χ4n) is 1.26. The molecule has 7 heteroatoms. The standard InChI is InChI=1S/C11H8N2O5/c12-4-3-9(14)13-6-1-2-7(10(15)16)8(5-6)11(17)18/h1-2,5H,3H2,(H,13,14)(H,15,16)(H,17,18). The fourth-order valence-corrected chi connectivity index (χ4v) is 1.26. The lowest BCUT2D eigenvalue weighted by molar-refractivity contribution is -0.115. The Bertz CT molecular complexity index is 559. The van der Waals surface area contributed by atoms with Gasteiger partial charge in [0.05, 0.1) is 17.2 Å². The maximum atomic E-state index is 11.1. The third-order valence-corrected chi connectivity index (χ3v) is 2.00. The number of carboxylic acids is 2. The number of carboxylic acid groups (broad SMARTS) is 2. The molecule has 0 aromatic heterocycles. The summed E-state index contributed by atoms with van der Waals surface area (Å²) in [5, 5.41) is 28.2. The van der Waals surface area contributed by atoms with E-state index in [0.29, 0.717) is 0 Å². The first kappa shape index (κ1) is 13.2. The average Bonchev–Trinajstić information content (AvgIpc) is 2.28. The molecular weight excluding hydrogens is 240 g/mol. The molecule has 7 nitrogen and oxygen atoms in total. The maximum Gasteiger partial charge on any atom is 0.336 e. The van der Waals surface area contributed by atoms with E-state index in [2.05, 4.69) is 5.32 Å². The van der Waals surface area contributed by atoms with E-state index in [1.807, 2.05) is 0 Å². The molecule has 0 fully saturated rings. The van der Waals surface area contributed by atoms with Crippen LogP contribution in [0.4, 0.5) is 5.69 Å². The summed E-state index contributed by atoms with van der Waals surface area (Å²) in [7, 11) is 0. The van der Waals surface area contributed by atoms with Crippen molar-refractivity contribution in [3.63, 3.8) is 0 Å². The summed E-state index contributed by atoms with van der Waals surface area (Å²) in [5.41, 5.74) is -0.685. The number of nitrogens with zero attached hydrogens (tertiary/aromatic N) is 1. The molecule has 1 aromatic carbocycles. The van der Waals surface area contributed by atoms with E-state index in [4.69, 9.17) is 15.5 Å². The van der Waals surface area contributed by atoms with Crippen LogP contribution in [-0.2, 0) is 4.79 Å². The van der Waals surface area contributed by atoms with Gasteiger partial charge in [-0.2, -0.15) is 5.26 Å². The van der Waals surface area contributed by atoms with Crippen molar-refractivity contribution in [2.75, 3.05) is 5.32 Å². The van der Waals surface area contributed by atoms with Crippen molar-refractivity contribution >= 4 is 23.5 Å². The van der Waals surface area contributed by atoms with Gasteiger partial charge in [0.2, 0.25) is 5.91 Å². The minimum absolute atomic E-state index is 0.123. The van der Waals surface area contributed by atoms with Crippen molar-refractivity contribution < 1.29 is 24.6 Å². The van der Waals surface area contributed by atoms with Crippen molar-refractivity contribution in [1.29, 1.82) is 5.26 Å². The zero-order valence-corrected chi connectivity index (χ0v) is 9.01. The zero-order valence-electron chi connectivity index (χ0n) is 9.01. The molecule has 0 aliphatic rings. The molecular formula is C11H8N2O5. The van der Waals surface area contributed by atoms with Gasteiger partial charge in [-0.25, -0.2) is 9.59 Å². The van der Waals surface area contributed by atoms with E-state index in [9.17, 15) is 14.4 Å². The lowest BCUT2D eigenvalue weighted by Gasteiger charge is -2.06. The Kier molecular flexibility index (Phi) is 3.99. The van der Waals surface area contributed by atoms with Crippen LogP contribution in [0.25, 0.3) is 0 Å².